The van der Waals surface area contributed by atoms with Gasteiger partial charge in [0.05, 0.1) is 11.9 Å². The van der Waals surface area contributed by atoms with Crippen molar-refractivity contribution in [1.82, 2.24) is 20.1 Å². The molecular weight excluding hydrogens is 440 g/mol. The second kappa shape index (κ2) is 9.63. The van der Waals surface area contributed by atoms with Gasteiger partial charge in [-0.2, -0.15) is 5.10 Å². The molecule has 2 aromatic rings. The number of rotatable bonds is 8. The Labute approximate surface area is 207 Å². The van der Waals surface area contributed by atoms with E-state index in [0.717, 1.165) is 38.0 Å². The number of nitrogens with one attached hydrogen (secondary N) is 2. The summed E-state index contributed by atoms with van der Waals surface area (Å²) in [4.78, 5) is 33.9. The number of aryl methyl sites for hydroxylation is 1. The summed E-state index contributed by atoms with van der Waals surface area (Å²) < 4.78 is 1.55. The molecule has 3 heterocycles. The van der Waals surface area contributed by atoms with Crippen molar-refractivity contribution < 1.29 is 9.59 Å². The van der Waals surface area contributed by atoms with Crippen LogP contribution in [0.3, 0.4) is 0 Å². The first-order chi connectivity index (χ1) is 16.9. The number of nitrogens with zero attached hydrogens (tertiary/aromatic N) is 4. The number of pyridine rings is 1. The predicted octanol–water partition coefficient (Wildman–Crippen LogP) is 4.15. The van der Waals surface area contributed by atoms with Gasteiger partial charge in [-0.1, -0.05) is 26.2 Å². The highest BCUT2D eigenvalue weighted by molar-refractivity contribution is 6.00. The first-order valence-electron chi connectivity index (χ1n) is 13.2. The fraction of sp³-hybridized carbons (Fsp3) is 0.630. The monoisotopic (exact) mass is 478 g/mol. The van der Waals surface area contributed by atoms with Crippen molar-refractivity contribution >= 4 is 23.3 Å². The van der Waals surface area contributed by atoms with Crippen molar-refractivity contribution in [2.75, 3.05) is 16.8 Å². The highest BCUT2D eigenvalue weighted by Crippen LogP contribution is 2.58. The number of anilines is 2. The van der Waals surface area contributed by atoms with Crippen LogP contribution in [0.4, 0.5) is 11.5 Å². The fourth-order valence-electron chi connectivity index (χ4n) is 5.99. The lowest BCUT2D eigenvalue weighted by Crippen LogP contribution is -2.54. The largest absolute Gasteiger partial charge is 0.354 e. The van der Waals surface area contributed by atoms with Crippen LogP contribution in [-0.2, 0) is 11.8 Å². The van der Waals surface area contributed by atoms with E-state index in [-0.39, 0.29) is 23.1 Å². The van der Waals surface area contributed by atoms with Gasteiger partial charge >= 0.3 is 0 Å². The van der Waals surface area contributed by atoms with Gasteiger partial charge in [-0.05, 0) is 74.5 Å². The first kappa shape index (κ1) is 23.8. The number of carbonyl (C=O) groups excluding carboxylic acids is 2. The highest BCUT2D eigenvalue weighted by atomic mass is 16.2. The Bertz CT molecular complexity index is 1060. The number of hydrogen-bond donors (Lipinski definition) is 2. The third-order valence-electron chi connectivity index (χ3n) is 8.60. The summed E-state index contributed by atoms with van der Waals surface area (Å²) in [7, 11) is 1.74. The molecule has 3 atom stereocenters. The summed E-state index contributed by atoms with van der Waals surface area (Å²) in [6.45, 7) is 5.53. The molecule has 2 aromatic heterocycles. The van der Waals surface area contributed by atoms with Gasteiger partial charge in [0.1, 0.15) is 17.6 Å². The van der Waals surface area contributed by atoms with Crippen molar-refractivity contribution in [3.8, 4) is 0 Å². The molecule has 188 valence electrons. The lowest BCUT2D eigenvalue weighted by Gasteiger charge is -2.42. The Morgan fingerprint density at radius 3 is 2.49 bits per heavy atom. The molecule has 2 N–H and O–H groups in total. The minimum atomic E-state index is -0.600. The molecule has 5 rings (SSSR count). The highest BCUT2D eigenvalue weighted by Gasteiger charge is 2.54. The van der Waals surface area contributed by atoms with Crippen LogP contribution in [0, 0.1) is 17.3 Å². The Morgan fingerprint density at radius 1 is 1.11 bits per heavy atom. The normalized spacial score (nSPS) is 23.2. The molecular formula is C27H38N6O2. The standard InChI is InChI=1S/C27H38N6O2/c1-18-7-4-5-16-33(18)22-11-10-20(17-28-22)30-26(35)24(31-25(34)21-12-15-29-32(21)3)23(19-8-6-9-19)27(2)13-14-27/h10-12,15,17-19,23-24H,4-9,13-14,16H2,1-3H3,(H,30,35)(H,31,34)/t18-,23?,24+/m1/s1. The van der Waals surface area contributed by atoms with Crippen molar-refractivity contribution in [3.63, 3.8) is 0 Å². The van der Waals surface area contributed by atoms with Crippen molar-refractivity contribution in [2.24, 2.45) is 24.3 Å². The van der Waals surface area contributed by atoms with E-state index in [4.69, 9.17) is 0 Å². The Balaban J connectivity index is 1.35. The molecule has 1 aliphatic heterocycles. The maximum atomic E-state index is 13.7. The van der Waals surface area contributed by atoms with E-state index in [1.165, 1.54) is 25.7 Å². The van der Waals surface area contributed by atoms with Crippen LogP contribution in [0.15, 0.2) is 30.6 Å². The van der Waals surface area contributed by atoms with E-state index in [9.17, 15) is 9.59 Å². The Kier molecular flexibility index (Phi) is 6.55. The molecule has 3 fully saturated rings. The van der Waals surface area contributed by atoms with Crippen LogP contribution in [0.5, 0.6) is 0 Å². The van der Waals surface area contributed by atoms with E-state index in [1.54, 1.807) is 30.2 Å². The van der Waals surface area contributed by atoms with Crippen molar-refractivity contribution in [2.45, 2.75) is 77.3 Å². The van der Waals surface area contributed by atoms with E-state index in [0.29, 0.717) is 23.3 Å². The zero-order valence-electron chi connectivity index (χ0n) is 21.2. The molecule has 2 saturated carbocycles. The van der Waals surface area contributed by atoms with E-state index < -0.39 is 6.04 Å². The molecule has 3 aliphatic rings. The molecule has 2 aliphatic carbocycles. The van der Waals surface area contributed by atoms with E-state index in [1.807, 2.05) is 12.1 Å². The van der Waals surface area contributed by atoms with Gasteiger partial charge in [0, 0.05) is 25.8 Å². The first-order valence-corrected chi connectivity index (χ1v) is 13.2. The minimum absolute atomic E-state index is 0.0966. The summed E-state index contributed by atoms with van der Waals surface area (Å²) in [6.07, 6.45) is 12.6. The third-order valence-corrected chi connectivity index (χ3v) is 8.60. The average molecular weight is 479 g/mol. The molecule has 8 nitrogen and oxygen atoms in total. The fourth-order valence-corrected chi connectivity index (χ4v) is 5.99. The van der Waals surface area contributed by atoms with Crippen molar-refractivity contribution in [3.05, 3.63) is 36.3 Å². The minimum Gasteiger partial charge on any atom is -0.354 e. The Morgan fingerprint density at radius 2 is 1.91 bits per heavy atom. The molecule has 0 radical (unpaired) electrons. The molecule has 8 heteroatoms. The van der Waals surface area contributed by atoms with Crippen LogP contribution in [0.2, 0.25) is 0 Å². The molecule has 0 aromatic carbocycles. The SMILES string of the molecule is C[C@@H]1CCCCN1c1ccc(NC(=O)[C@@H](NC(=O)c2ccnn2C)C(C2CCC2)C2(C)CC2)cn1. The maximum Gasteiger partial charge on any atom is 0.270 e. The van der Waals surface area contributed by atoms with Gasteiger partial charge in [-0.15, -0.1) is 0 Å². The lowest BCUT2D eigenvalue weighted by molar-refractivity contribution is -0.121. The molecule has 1 unspecified atom stereocenters. The zero-order valence-corrected chi connectivity index (χ0v) is 21.2. The molecule has 2 amide bonds. The molecule has 0 spiro atoms. The smallest absolute Gasteiger partial charge is 0.270 e. The number of hydrogen-bond acceptors (Lipinski definition) is 5. The van der Waals surface area contributed by atoms with E-state index >= 15 is 0 Å². The van der Waals surface area contributed by atoms with Crippen LogP contribution in [0.1, 0.15) is 75.7 Å². The van der Waals surface area contributed by atoms with Crippen LogP contribution in [-0.4, -0.2) is 45.2 Å². The number of carbonyl (C=O) groups is 2. The third kappa shape index (κ3) is 4.93. The van der Waals surface area contributed by atoms with Crippen LogP contribution in [0.25, 0.3) is 0 Å². The topological polar surface area (TPSA) is 92.2 Å². The quantitative estimate of drug-likeness (QED) is 0.595. The molecule has 1 saturated heterocycles. The van der Waals surface area contributed by atoms with Gasteiger partial charge in [0.2, 0.25) is 5.91 Å². The second-order valence-electron chi connectivity index (χ2n) is 11.1. The molecule has 0 bridgehead atoms. The summed E-state index contributed by atoms with van der Waals surface area (Å²) in [5.41, 5.74) is 1.22. The summed E-state index contributed by atoms with van der Waals surface area (Å²) >= 11 is 0. The zero-order chi connectivity index (χ0) is 24.6. The molecule has 35 heavy (non-hydrogen) atoms. The van der Waals surface area contributed by atoms with Gasteiger partial charge in [-0.25, -0.2) is 4.98 Å². The van der Waals surface area contributed by atoms with Crippen LogP contribution >= 0.6 is 0 Å². The maximum absolute atomic E-state index is 13.7. The van der Waals surface area contributed by atoms with Gasteiger partial charge < -0.3 is 15.5 Å². The second-order valence-corrected chi connectivity index (χ2v) is 11.1. The van der Waals surface area contributed by atoms with Gasteiger partial charge in [-0.3, -0.25) is 14.3 Å². The summed E-state index contributed by atoms with van der Waals surface area (Å²) in [5.74, 6) is 1.12. The summed E-state index contributed by atoms with van der Waals surface area (Å²) in [5, 5.41) is 10.3. The van der Waals surface area contributed by atoms with Gasteiger partial charge in [0.25, 0.3) is 5.91 Å². The number of aromatic nitrogens is 3. The lowest BCUT2D eigenvalue weighted by atomic mass is 9.66. The number of amides is 2. The van der Waals surface area contributed by atoms with Crippen molar-refractivity contribution in [1.29, 1.82) is 0 Å². The predicted molar refractivity (Wildman–Crippen MR) is 136 cm³/mol. The summed E-state index contributed by atoms with van der Waals surface area (Å²) in [6, 6.07) is 5.49. The number of piperidine rings is 1. The van der Waals surface area contributed by atoms with Crippen LogP contribution < -0.4 is 15.5 Å². The average Bonchev–Trinajstić information content (AvgIpc) is 3.41. The van der Waals surface area contributed by atoms with Gasteiger partial charge in [0.15, 0.2) is 0 Å². The Hall–Kier alpha value is -2.90. The van der Waals surface area contributed by atoms with E-state index in [2.05, 4.69) is 39.5 Å².